The van der Waals surface area contributed by atoms with Crippen LogP contribution >= 0.6 is 0 Å². The van der Waals surface area contributed by atoms with Gasteiger partial charge in [0.1, 0.15) is 5.41 Å². The first-order valence-corrected chi connectivity index (χ1v) is 5.93. The SMILES string of the molecule is COC(=O)C1(c2c(C)[nH]c3ccccc23)COC1. The van der Waals surface area contributed by atoms with Gasteiger partial charge >= 0.3 is 5.97 Å². The van der Waals surface area contributed by atoms with E-state index in [1.807, 2.05) is 31.2 Å². The molecule has 0 saturated carbocycles. The number of carbonyl (C=O) groups is 1. The molecule has 0 atom stereocenters. The molecule has 18 heavy (non-hydrogen) atoms. The van der Waals surface area contributed by atoms with E-state index in [0.29, 0.717) is 13.2 Å². The van der Waals surface area contributed by atoms with Crippen LogP contribution in [0.1, 0.15) is 11.3 Å². The van der Waals surface area contributed by atoms with Gasteiger partial charge in [-0.2, -0.15) is 0 Å². The van der Waals surface area contributed by atoms with Crippen LogP contribution < -0.4 is 0 Å². The highest BCUT2D eigenvalue weighted by Crippen LogP contribution is 2.39. The van der Waals surface area contributed by atoms with Crippen molar-refractivity contribution in [3.05, 3.63) is 35.5 Å². The summed E-state index contributed by atoms with van der Waals surface area (Å²) in [7, 11) is 1.42. The van der Waals surface area contributed by atoms with E-state index in [1.54, 1.807) is 0 Å². The minimum atomic E-state index is -0.640. The van der Waals surface area contributed by atoms with E-state index < -0.39 is 5.41 Å². The van der Waals surface area contributed by atoms with Crippen LogP contribution in [0, 0.1) is 6.92 Å². The van der Waals surface area contributed by atoms with E-state index in [0.717, 1.165) is 22.2 Å². The van der Waals surface area contributed by atoms with Gasteiger partial charge in [0.25, 0.3) is 0 Å². The lowest BCUT2D eigenvalue weighted by Gasteiger charge is -2.39. The molecule has 1 aromatic heterocycles. The number of para-hydroxylation sites is 1. The highest BCUT2D eigenvalue weighted by molar-refractivity contribution is 5.94. The number of rotatable bonds is 2. The molecule has 3 rings (SSSR count). The number of aromatic amines is 1. The first kappa shape index (κ1) is 11.3. The smallest absolute Gasteiger partial charge is 0.321 e. The third kappa shape index (κ3) is 1.32. The normalized spacial score (nSPS) is 17.4. The lowest BCUT2D eigenvalue weighted by atomic mass is 9.77. The number of carbonyl (C=O) groups excluding carboxylic acids is 1. The van der Waals surface area contributed by atoms with Crippen molar-refractivity contribution in [3.63, 3.8) is 0 Å². The van der Waals surface area contributed by atoms with E-state index in [-0.39, 0.29) is 5.97 Å². The summed E-state index contributed by atoms with van der Waals surface area (Å²) >= 11 is 0. The molecule has 4 heteroatoms. The molecule has 1 aliphatic rings. The Labute approximate surface area is 105 Å². The standard InChI is InChI=1S/C14H15NO3/c1-9-12(10-5-3-4-6-11(10)15-9)14(7-18-8-14)13(16)17-2/h3-6,15H,7-8H2,1-2H3. The van der Waals surface area contributed by atoms with Crippen LogP contribution in [0.3, 0.4) is 0 Å². The van der Waals surface area contributed by atoms with Gasteiger partial charge in [0.2, 0.25) is 0 Å². The number of benzene rings is 1. The highest BCUT2D eigenvalue weighted by atomic mass is 16.5. The fourth-order valence-corrected chi connectivity index (χ4v) is 2.76. The van der Waals surface area contributed by atoms with E-state index >= 15 is 0 Å². The van der Waals surface area contributed by atoms with Crippen LogP contribution in [0.2, 0.25) is 0 Å². The third-order valence-electron chi connectivity index (χ3n) is 3.65. The summed E-state index contributed by atoms with van der Waals surface area (Å²) in [5, 5.41) is 1.07. The highest BCUT2D eigenvalue weighted by Gasteiger charge is 2.51. The zero-order valence-electron chi connectivity index (χ0n) is 10.4. The zero-order chi connectivity index (χ0) is 12.8. The molecule has 1 saturated heterocycles. The first-order chi connectivity index (χ1) is 8.69. The summed E-state index contributed by atoms with van der Waals surface area (Å²) in [6.07, 6.45) is 0. The Bertz CT molecular complexity index is 611. The van der Waals surface area contributed by atoms with Crippen LogP contribution in [0.5, 0.6) is 0 Å². The maximum atomic E-state index is 12.1. The average Bonchev–Trinajstić information content (AvgIpc) is 2.65. The molecule has 2 heterocycles. The summed E-state index contributed by atoms with van der Waals surface area (Å²) in [5.74, 6) is -0.221. The minimum Gasteiger partial charge on any atom is -0.468 e. The van der Waals surface area contributed by atoms with Gasteiger partial charge < -0.3 is 14.5 Å². The van der Waals surface area contributed by atoms with E-state index in [1.165, 1.54) is 7.11 Å². The molecule has 0 radical (unpaired) electrons. The largest absolute Gasteiger partial charge is 0.468 e. The van der Waals surface area contributed by atoms with Crippen LogP contribution in [0.4, 0.5) is 0 Å². The number of ether oxygens (including phenoxy) is 2. The molecule has 0 unspecified atom stereocenters. The molecule has 0 spiro atoms. The second kappa shape index (κ2) is 3.85. The maximum Gasteiger partial charge on any atom is 0.321 e. The second-order valence-electron chi connectivity index (χ2n) is 4.74. The molecule has 1 aliphatic heterocycles. The van der Waals surface area contributed by atoms with Gasteiger partial charge in [-0.1, -0.05) is 18.2 Å². The predicted molar refractivity (Wildman–Crippen MR) is 67.5 cm³/mol. The third-order valence-corrected chi connectivity index (χ3v) is 3.65. The van der Waals surface area contributed by atoms with Gasteiger partial charge in [-0.3, -0.25) is 4.79 Å². The molecular weight excluding hydrogens is 230 g/mol. The second-order valence-corrected chi connectivity index (χ2v) is 4.74. The number of aryl methyl sites for hydroxylation is 1. The summed E-state index contributed by atoms with van der Waals surface area (Å²) in [5.41, 5.74) is 2.42. The van der Waals surface area contributed by atoms with E-state index in [9.17, 15) is 4.79 Å². The molecular formula is C14H15NO3. The summed E-state index contributed by atoms with van der Waals surface area (Å²) < 4.78 is 10.2. The molecule has 1 aromatic carbocycles. The van der Waals surface area contributed by atoms with Crippen LogP contribution in [0.25, 0.3) is 10.9 Å². The van der Waals surface area contributed by atoms with Crippen molar-refractivity contribution in [1.29, 1.82) is 0 Å². The van der Waals surface area contributed by atoms with Gasteiger partial charge in [0.05, 0.1) is 20.3 Å². The van der Waals surface area contributed by atoms with Gasteiger partial charge in [-0.15, -0.1) is 0 Å². The molecule has 94 valence electrons. The van der Waals surface area contributed by atoms with Crippen LogP contribution in [-0.2, 0) is 19.7 Å². The molecule has 1 fully saturated rings. The summed E-state index contributed by atoms with van der Waals surface area (Å²) in [4.78, 5) is 15.4. The lowest BCUT2D eigenvalue weighted by Crippen LogP contribution is -2.53. The molecule has 1 N–H and O–H groups in total. The summed E-state index contributed by atoms with van der Waals surface area (Å²) in [6.45, 7) is 2.77. The minimum absolute atomic E-state index is 0.221. The zero-order valence-corrected chi connectivity index (χ0v) is 10.4. The molecule has 0 bridgehead atoms. The Morgan fingerprint density at radius 2 is 2.11 bits per heavy atom. The predicted octanol–water partition coefficient (Wildman–Crippen LogP) is 1.92. The van der Waals surface area contributed by atoms with Crippen molar-refractivity contribution in [2.45, 2.75) is 12.3 Å². The van der Waals surface area contributed by atoms with Crippen molar-refractivity contribution < 1.29 is 14.3 Å². The Morgan fingerprint density at radius 1 is 1.39 bits per heavy atom. The number of fused-ring (bicyclic) bond motifs is 1. The number of aromatic nitrogens is 1. The van der Waals surface area contributed by atoms with Crippen molar-refractivity contribution in [3.8, 4) is 0 Å². The monoisotopic (exact) mass is 245 g/mol. The topological polar surface area (TPSA) is 51.3 Å². The Kier molecular flexibility index (Phi) is 2.41. The summed E-state index contributed by atoms with van der Waals surface area (Å²) in [6, 6.07) is 7.99. The number of nitrogens with one attached hydrogen (secondary N) is 1. The maximum absolute atomic E-state index is 12.1. The van der Waals surface area contributed by atoms with Crippen LogP contribution in [-0.4, -0.2) is 31.3 Å². The fourth-order valence-electron chi connectivity index (χ4n) is 2.76. The molecule has 0 aliphatic carbocycles. The van der Waals surface area contributed by atoms with Crippen LogP contribution in [0.15, 0.2) is 24.3 Å². The first-order valence-electron chi connectivity index (χ1n) is 5.93. The Morgan fingerprint density at radius 3 is 2.72 bits per heavy atom. The number of H-pyrrole nitrogens is 1. The van der Waals surface area contributed by atoms with Crippen molar-refractivity contribution in [1.82, 2.24) is 4.98 Å². The Balaban J connectivity index is 2.24. The Hall–Kier alpha value is -1.81. The van der Waals surface area contributed by atoms with Crippen molar-refractivity contribution >= 4 is 16.9 Å². The van der Waals surface area contributed by atoms with E-state index in [2.05, 4.69) is 4.98 Å². The lowest BCUT2D eigenvalue weighted by molar-refractivity contribution is -0.166. The van der Waals surface area contributed by atoms with Crippen molar-refractivity contribution in [2.75, 3.05) is 20.3 Å². The van der Waals surface area contributed by atoms with E-state index in [4.69, 9.17) is 9.47 Å². The van der Waals surface area contributed by atoms with Crippen molar-refractivity contribution in [2.24, 2.45) is 0 Å². The number of hydrogen-bond donors (Lipinski definition) is 1. The molecule has 2 aromatic rings. The number of esters is 1. The molecule has 4 nitrogen and oxygen atoms in total. The van der Waals surface area contributed by atoms with Gasteiger partial charge in [0.15, 0.2) is 0 Å². The van der Waals surface area contributed by atoms with Gasteiger partial charge in [-0.05, 0) is 13.0 Å². The number of methoxy groups -OCH3 is 1. The number of hydrogen-bond acceptors (Lipinski definition) is 3. The molecule has 0 amide bonds. The quantitative estimate of drug-likeness (QED) is 0.822. The van der Waals surface area contributed by atoms with Gasteiger partial charge in [0, 0.05) is 22.2 Å². The fraction of sp³-hybridized carbons (Fsp3) is 0.357. The van der Waals surface area contributed by atoms with Gasteiger partial charge in [-0.25, -0.2) is 0 Å². The average molecular weight is 245 g/mol.